The lowest BCUT2D eigenvalue weighted by atomic mass is 10.0. The number of rotatable bonds is 5. The van der Waals surface area contributed by atoms with E-state index in [1.54, 1.807) is 18.2 Å². The number of aromatic nitrogens is 1. The Bertz CT molecular complexity index is 1270. The van der Waals surface area contributed by atoms with Gasteiger partial charge in [-0.05, 0) is 65.7 Å². The van der Waals surface area contributed by atoms with Crippen molar-refractivity contribution in [3.05, 3.63) is 95.8 Å². The van der Waals surface area contributed by atoms with Crippen molar-refractivity contribution >= 4 is 28.3 Å². The zero-order valence-electron chi connectivity index (χ0n) is 16.3. The maximum absolute atomic E-state index is 12.8. The third-order valence-electron chi connectivity index (χ3n) is 4.59. The van der Waals surface area contributed by atoms with Crippen LogP contribution in [0.5, 0.6) is 11.5 Å². The van der Waals surface area contributed by atoms with Crippen molar-refractivity contribution in [3.63, 3.8) is 0 Å². The average Bonchev–Trinajstić information content (AvgIpc) is 2.73. The predicted octanol–water partition coefficient (Wildman–Crippen LogP) is 4.69. The number of carbonyl (C=O) groups is 2. The molecule has 0 saturated carbocycles. The summed E-state index contributed by atoms with van der Waals surface area (Å²) in [5.74, 6) is 0.218. The van der Waals surface area contributed by atoms with E-state index < -0.39 is 5.91 Å². The van der Waals surface area contributed by atoms with E-state index in [1.807, 2.05) is 55.5 Å². The summed E-state index contributed by atoms with van der Waals surface area (Å²) in [6, 6.07) is 21.8. The summed E-state index contributed by atoms with van der Waals surface area (Å²) < 4.78 is 5.84. The number of anilines is 1. The molecule has 0 bridgehead atoms. The molecule has 1 aromatic heterocycles. The fourth-order valence-electron chi connectivity index (χ4n) is 3.19. The van der Waals surface area contributed by atoms with Crippen molar-refractivity contribution in [2.75, 3.05) is 5.32 Å². The summed E-state index contributed by atoms with van der Waals surface area (Å²) in [6.07, 6.45) is 1.46. The summed E-state index contributed by atoms with van der Waals surface area (Å²) in [5, 5.41) is 4.60. The third-order valence-corrected chi connectivity index (χ3v) is 4.59. The Morgan fingerprint density at radius 2 is 1.73 bits per heavy atom. The first kappa shape index (κ1) is 19.1. The van der Waals surface area contributed by atoms with Gasteiger partial charge in [0.2, 0.25) is 0 Å². The minimum Gasteiger partial charge on any atom is -0.457 e. The van der Waals surface area contributed by atoms with Gasteiger partial charge < -0.3 is 15.8 Å². The van der Waals surface area contributed by atoms with Gasteiger partial charge in [0.05, 0.1) is 0 Å². The Balaban J connectivity index is 1.61. The number of aryl methyl sites for hydroxylation is 1. The molecule has 0 fully saturated rings. The number of nitrogens with one attached hydrogen (secondary N) is 1. The topological polar surface area (TPSA) is 94.3 Å². The molecule has 148 valence electrons. The average molecular weight is 397 g/mol. The van der Waals surface area contributed by atoms with Crippen LogP contribution in [0.1, 0.15) is 26.4 Å². The maximum atomic E-state index is 12.8. The number of nitrogens with zero attached hydrogens (tertiary/aromatic N) is 1. The van der Waals surface area contributed by atoms with Crippen LogP contribution in [0.4, 0.5) is 5.69 Å². The SMILES string of the molecule is Cc1cccc(NC(=O)c2cccc3cc(Oc4ccnc(C(N)=O)c4)ccc23)c1. The quantitative estimate of drug-likeness (QED) is 0.511. The van der Waals surface area contributed by atoms with Crippen LogP contribution in [-0.4, -0.2) is 16.8 Å². The van der Waals surface area contributed by atoms with Gasteiger partial charge in [-0.2, -0.15) is 0 Å². The van der Waals surface area contributed by atoms with Gasteiger partial charge in [-0.1, -0.05) is 24.3 Å². The summed E-state index contributed by atoms with van der Waals surface area (Å²) >= 11 is 0. The van der Waals surface area contributed by atoms with Crippen LogP contribution >= 0.6 is 0 Å². The minimum atomic E-state index is -0.622. The van der Waals surface area contributed by atoms with Crippen molar-refractivity contribution in [3.8, 4) is 11.5 Å². The molecule has 0 aliphatic carbocycles. The molecule has 6 nitrogen and oxygen atoms in total. The number of fused-ring (bicyclic) bond motifs is 1. The number of hydrogen-bond acceptors (Lipinski definition) is 4. The largest absolute Gasteiger partial charge is 0.457 e. The third kappa shape index (κ3) is 4.12. The Hall–Kier alpha value is -4.19. The Morgan fingerprint density at radius 1 is 0.933 bits per heavy atom. The number of ether oxygens (including phenoxy) is 1. The van der Waals surface area contributed by atoms with Crippen molar-refractivity contribution < 1.29 is 14.3 Å². The summed E-state index contributed by atoms with van der Waals surface area (Å²) in [4.78, 5) is 28.0. The molecular weight excluding hydrogens is 378 g/mol. The first-order chi connectivity index (χ1) is 14.5. The maximum Gasteiger partial charge on any atom is 0.267 e. The van der Waals surface area contributed by atoms with Crippen LogP contribution in [0.2, 0.25) is 0 Å². The highest BCUT2D eigenvalue weighted by molar-refractivity contribution is 6.13. The van der Waals surface area contributed by atoms with Gasteiger partial charge in [0.1, 0.15) is 17.2 Å². The van der Waals surface area contributed by atoms with Crippen LogP contribution in [0.15, 0.2) is 79.0 Å². The van der Waals surface area contributed by atoms with E-state index in [0.717, 1.165) is 22.0 Å². The number of pyridine rings is 1. The zero-order valence-corrected chi connectivity index (χ0v) is 16.3. The molecule has 0 saturated heterocycles. The van der Waals surface area contributed by atoms with E-state index in [0.29, 0.717) is 17.1 Å². The Kier molecular flexibility index (Phi) is 5.13. The molecule has 0 aliphatic heterocycles. The van der Waals surface area contributed by atoms with Crippen LogP contribution in [0.3, 0.4) is 0 Å². The smallest absolute Gasteiger partial charge is 0.267 e. The predicted molar refractivity (Wildman–Crippen MR) is 116 cm³/mol. The normalized spacial score (nSPS) is 10.6. The van der Waals surface area contributed by atoms with Crippen LogP contribution < -0.4 is 15.8 Å². The molecule has 0 spiro atoms. The van der Waals surface area contributed by atoms with Crippen LogP contribution in [0.25, 0.3) is 10.8 Å². The summed E-state index contributed by atoms with van der Waals surface area (Å²) in [5.41, 5.74) is 7.78. The van der Waals surface area contributed by atoms with E-state index in [2.05, 4.69) is 10.3 Å². The molecule has 2 amide bonds. The van der Waals surface area contributed by atoms with E-state index in [1.165, 1.54) is 12.3 Å². The number of hydrogen-bond donors (Lipinski definition) is 2. The van der Waals surface area contributed by atoms with Gasteiger partial charge in [0.15, 0.2) is 0 Å². The number of carbonyl (C=O) groups excluding carboxylic acids is 2. The zero-order chi connectivity index (χ0) is 21.1. The first-order valence-corrected chi connectivity index (χ1v) is 9.34. The lowest BCUT2D eigenvalue weighted by molar-refractivity contribution is 0.0993. The molecule has 30 heavy (non-hydrogen) atoms. The van der Waals surface area contributed by atoms with E-state index in [9.17, 15) is 9.59 Å². The molecule has 0 radical (unpaired) electrons. The minimum absolute atomic E-state index is 0.128. The highest BCUT2D eigenvalue weighted by atomic mass is 16.5. The summed E-state index contributed by atoms with van der Waals surface area (Å²) in [6.45, 7) is 1.98. The van der Waals surface area contributed by atoms with Crippen molar-refractivity contribution in [1.82, 2.24) is 4.98 Å². The van der Waals surface area contributed by atoms with E-state index >= 15 is 0 Å². The van der Waals surface area contributed by atoms with Gasteiger partial charge >= 0.3 is 0 Å². The molecule has 0 unspecified atom stereocenters. The van der Waals surface area contributed by atoms with Gasteiger partial charge in [0.25, 0.3) is 11.8 Å². The number of primary amides is 1. The monoisotopic (exact) mass is 397 g/mol. The second-order valence-electron chi connectivity index (χ2n) is 6.86. The fourth-order valence-corrected chi connectivity index (χ4v) is 3.19. The molecular formula is C24H19N3O3. The van der Waals surface area contributed by atoms with Gasteiger partial charge in [-0.15, -0.1) is 0 Å². The fraction of sp³-hybridized carbons (Fsp3) is 0.0417. The van der Waals surface area contributed by atoms with Crippen molar-refractivity contribution in [2.45, 2.75) is 6.92 Å². The summed E-state index contributed by atoms with van der Waals surface area (Å²) in [7, 11) is 0. The van der Waals surface area contributed by atoms with E-state index in [-0.39, 0.29) is 11.6 Å². The standard InChI is InChI=1S/C24H19N3O3/c1-15-4-2-6-17(12-15)27-24(29)21-7-3-5-16-13-18(8-9-20(16)21)30-19-10-11-26-22(14-19)23(25)28/h2-14H,1H3,(H2,25,28)(H,27,29). The highest BCUT2D eigenvalue weighted by Gasteiger charge is 2.12. The van der Waals surface area contributed by atoms with E-state index in [4.69, 9.17) is 10.5 Å². The molecule has 1 heterocycles. The van der Waals surface area contributed by atoms with Crippen LogP contribution in [-0.2, 0) is 0 Å². The van der Waals surface area contributed by atoms with Crippen molar-refractivity contribution in [2.24, 2.45) is 5.73 Å². The molecule has 6 heteroatoms. The molecule has 4 rings (SSSR count). The van der Waals surface area contributed by atoms with Gasteiger partial charge in [-0.25, -0.2) is 0 Å². The van der Waals surface area contributed by atoms with Crippen LogP contribution in [0, 0.1) is 6.92 Å². The van der Waals surface area contributed by atoms with Gasteiger partial charge in [0, 0.05) is 23.5 Å². The first-order valence-electron chi connectivity index (χ1n) is 9.34. The Morgan fingerprint density at radius 3 is 2.53 bits per heavy atom. The number of benzene rings is 3. The molecule has 3 aromatic carbocycles. The number of nitrogens with two attached hydrogens (primary N) is 1. The lowest BCUT2D eigenvalue weighted by Gasteiger charge is -2.11. The Labute approximate surface area is 173 Å². The highest BCUT2D eigenvalue weighted by Crippen LogP contribution is 2.28. The lowest BCUT2D eigenvalue weighted by Crippen LogP contribution is -2.12. The molecule has 3 N–H and O–H groups in total. The molecule has 0 atom stereocenters. The second kappa shape index (κ2) is 8.05. The molecule has 0 aliphatic rings. The molecule has 4 aromatic rings. The number of amides is 2. The second-order valence-corrected chi connectivity index (χ2v) is 6.86. The van der Waals surface area contributed by atoms with Crippen molar-refractivity contribution in [1.29, 1.82) is 0 Å². The van der Waals surface area contributed by atoms with Gasteiger partial charge in [-0.3, -0.25) is 14.6 Å².